The van der Waals surface area contributed by atoms with Crippen molar-refractivity contribution >= 4 is 17.3 Å². The summed E-state index contributed by atoms with van der Waals surface area (Å²) in [5.74, 6) is -0.180. The summed E-state index contributed by atoms with van der Waals surface area (Å²) in [6.45, 7) is 6.18. The standard InChI is InChI=1S/C18H22N4O/c1-14-7-8-19-17(13-14)18(23)20-15-3-5-16(6-4-15)22-11-9-21(2)10-12-22/h3-8,13H,9-12H2,1-2H3,(H,20,23). The van der Waals surface area contributed by atoms with Crippen LogP contribution in [-0.4, -0.2) is 49.0 Å². The normalized spacial score (nSPS) is 15.5. The zero-order valence-electron chi connectivity index (χ0n) is 13.6. The van der Waals surface area contributed by atoms with Gasteiger partial charge in [-0.1, -0.05) is 0 Å². The molecule has 1 N–H and O–H groups in total. The Hall–Kier alpha value is -2.40. The minimum Gasteiger partial charge on any atom is -0.369 e. The van der Waals surface area contributed by atoms with Gasteiger partial charge >= 0.3 is 0 Å². The summed E-state index contributed by atoms with van der Waals surface area (Å²) in [6.07, 6.45) is 1.65. The number of carbonyl (C=O) groups excluding carboxylic acids is 1. The Labute approximate surface area is 136 Å². The third-order valence-electron chi connectivity index (χ3n) is 4.14. The first-order chi connectivity index (χ1) is 11.1. The molecule has 0 unspecified atom stereocenters. The fourth-order valence-corrected chi connectivity index (χ4v) is 2.68. The summed E-state index contributed by atoms with van der Waals surface area (Å²) < 4.78 is 0. The highest BCUT2D eigenvalue weighted by molar-refractivity contribution is 6.03. The lowest BCUT2D eigenvalue weighted by Crippen LogP contribution is -2.44. The van der Waals surface area contributed by atoms with Gasteiger partial charge in [0.2, 0.25) is 0 Å². The van der Waals surface area contributed by atoms with Crippen molar-refractivity contribution in [3.05, 3.63) is 53.9 Å². The first kappa shape index (κ1) is 15.5. The number of likely N-dealkylation sites (N-methyl/N-ethyl adjacent to an activating group) is 1. The topological polar surface area (TPSA) is 48.5 Å². The maximum Gasteiger partial charge on any atom is 0.274 e. The van der Waals surface area contributed by atoms with Crippen LogP contribution in [0.25, 0.3) is 0 Å². The number of piperazine rings is 1. The molecule has 5 heteroatoms. The molecule has 0 aliphatic carbocycles. The van der Waals surface area contributed by atoms with Gasteiger partial charge in [0.25, 0.3) is 5.91 Å². The van der Waals surface area contributed by atoms with Crippen LogP contribution in [0, 0.1) is 6.92 Å². The molecule has 5 nitrogen and oxygen atoms in total. The van der Waals surface area contributed by atoms with Crippen LogP contribution in [0.5, 0.6) is 0 Å². The smallest absolute Gasteiger partial charge is 0.274 e. The van der Waals surface area contributed by atoms with E-state index in [9.17, 15) is 4.79 Å². The maximum absolute atomic E-state index is 12.2. The van der Waals surface area contributed by atoms with Gasteiger partial charge in [0, 0.05) is 43.8 Å². The number of aryl methyl sites for hydroxylation is 1. The number of hydrogen-bond donors (Lipinski definition) is 1. The minimum absolute atomic E-state index is 0.180. The molecule has 23 heavy (non-hydrogen) atoms. The van der Waals surface area contributed by atoms with Crippen LogP contribution in [0.4, 0.5) is 11.4 Å². The van der Waals surface area contributed by atoms with E-state index in [1.807, 2.05) is 25.1 Å². The molecule has 1 aromatic heterocycles. The Morgan fingerprint density at radius 1 is 1.09 bits per heavy atom. The van der Waals surface area contributed by atoms with Crippen molar-refractivity contribution < 1.29 is 4.79 Å². The number of aromatic nitrogens is 1. The van der Waals surface area contributed by atoms with Crippen molar-refractivity contribution in [3.63, 3.8) is 0 Å². The molecule has 1 saturated heterocycles. The molecule has 120 valence electrons. The van der Waals surface area contributed by atoms with Crippen molar-refractivity contribution in [2.24, 2.45) is 0 Å². The minimum atomic E-state index is -0.180. The summed E-state index contributed by atoms with van der Waals surface area (Å²) >= 11 is 0. The van der Waals surface area contributed by atoms with E-state index in [-0.39, 0.29) is 5.91 Å². The molecule has 1 aromatic carbocycles. The molecule has 2 heterocycles. The molecule has 1 aliphatic rings. The average Bonchev–Trinajstić information content (AvgIpc) is 2.56. The first-order valence-corrected chi connectivity index (χ1v) is 7.89. The molecule has 0 bridgehead atoms. The molecule has 0 radical (unpaired) electrons. The number of nitrogens with one attached hydrogen (secondary N) is 1. The third-order valence-corrected chi connectivity index (χ3v) is 4.14. The number of nitrogens with zero attached hydrogens (tertiary/aromatic N) is 3. The van der Waals surface area contributed by atoms with Crippen molar-refractivity contribution in [2.45, 2.75) is 6.92 Å². The second-order valence-corrected chi connectivity index (χ2v) is 6.01. The Bertz CT molecular complexity index is 676. The van der Waals surface area contributed by atoms with E-state index in [1.165, 1.54) is 5.69 Å². The van der Waals surface area contributed by atoms with Crippen LogP contribution in [0.2, 0.25) is 0 Å². The fourth-order valence-electron chi connectivity index (χ4n) is 2.68. The lowest BCUT2D eigenvalue weighted by Gasteiger charge is -2.34. The summed E-state index contributed by atoms with van der Waals surface area (Å²) in [4.78, 5) is 21.0. The van der Waals surface area contributed by atoms with Crippen LogP contribution in [0.15, 0.2) is 42.6 Å². The zero-order valence-corrected chi connectivity index (χ0v) is 13.6. The third kappa shape index (κ3) is 3.87. The largest absolute Gasteiger partial charge is 0.369 e. The number of amides is 1. The quantitative estimate of drug-likeness (QED) is 0.946. The molecule has 0 spiro atoms. The van der Waals surface area contributed by atoms with Crippen LogP contribution >= 0.6 is 0 Å². The van der Waals surface area contributed by atoms with E-state index in [1.54, 1.807) is 12.3 Å². The molecule has 1 aliphatic heterocycles. The fraction of sp³-hybridized carbons (Fsp3) is 0.333. The Kier molecular flexibility index (Phi) is 4.57. The number of rotatable bonds is 3. The van der Waals surface area contributed by atoms with E-state index in [4.69, 9.17) is 0 Å². The Morgan fingerprint density at radius 3 is 2.43 bits per heavy atom. The van der Waals surface area contributed by atoms with Crippen LogP contribution in [0.1, 0.15) is 16.1 Å². The van der Waals surface area contributed by atoms with Crippen molar-refractivity contribution in [3.8, 4) is 0 Å². The summed E-state index contributed by atoms with van der Waals surface area (Å²) in [5.41, 5.74) is 3.45. The average molecular weight is 310 g/mol. The predicted octanol–water partition coefficient (Wildman–Crippen LogP) is 2.39. The SMILES string of the molecule is Cc1ccnc(C(=O)Nc2ccc(N3CCN(C)CC3)cc2)c1. The van der Waals surface area contributed by atoms with Crippen LogP contribution in [0.3, 0.4) is 0 Å². The second kappa shape index (κ2) is 6.79. The van der Waals surface area contributed by atoms with E-state index in [0.29, 0.717) is 5.69 Å². The van der Waals surface area contributed by atoms with Gasteiger partial charge in [-0.2, -0.15) is 0 Å². The van der Waals surface area contributed by atoms with Crippen LogP contribution < -0.4 is 10.2 Å². The number of pyridine rings is 1. The highest BCUT2D eigenvalue weighted by Crippen LogP contribution is 2.19. The molecule has 0 atom stereocenters. The maximum atomic E-state index is 12.2. The molecule has 0 saturated carbocycles. The van der Waals surface area contributed by atoms with Crippen molar-refractivity contribution in [1.29, 1.82) is 0 Å². The highest BCUT2D eigenvalue weighted by atomic mass is 16.1. The van der Waals surface area contributed by atoms with E-state index >= 15 is 0 Å². The summed E-state index contributed by atoms with van der Waals surface area (Å²) in [6, 6.07) is 11.7. The van der Waals surface area contributed by atoms with Gasteiger partial charge in [-0.05, 0) is 55.9 Å². The Morgan fingerprint density at radius 2 is 1.78 bits per heavy atom. The van der Waals surface area contributed by atoms with E-state index < -0.39 is 0 Å². The number of carbonyl (C=O) groups is 1. The number of benzene rings is 1. The molecular formula is C18H22N4O. The van der Waals surface area contributed by atoms with Gasteiger partial charge in [0.1, 0.15) is 5.69 Å². The first-order valence-electron chi connectivity index (χ1n) is 7.89. The van der Waals surface area contributed by atoms with Gasteiger partial charge in [-0.25, -0.2) is 0 Å². The van der Waals surface area contributed by atoms with E-state index in [2.05, 4.69) is 39.3 Å². The molecule has 3 rings (SSSR count). The summed E-state index contributed by atoms with van der Waals surface area (Å²) in [5, 5.41) is 2.89. The molecular weight excluding hydrogens is 288 g/mol. The highest BCUT2D eigenvalue weighted by Gasteiger charge is 2.14. The van der Waals surface area contributed by atoms with Gasteiger partial charge in [-0.3, -0.25) is 9.78 Å². The van der Waals surface area contributed by atoms with Gasteiger partial charge in [0.15, 0.2) is 0 Å². The van der Waals surface area contributed by atoms with E-state index in [0.717, 1.165) is 37.4 Å². The van der Waals surface area contributed by atoms with Gasteiger partial charge in [-0.15, -0.1) is 0 Å². The van der Waals surface area contributed by atoms with Crippen LogP contribution in [-0.2, 0) is 0 Å². The number of hydrogen-bond acceptors (Lipinski definition) is 4. The monoisotopic (exact) mass is 310 g/mol. The molecule has 1 fully saturated rings. The zero-order chi connectivity index (χ0) is 16.2. The number of anilines is 2. The second-order valence-electron chi connectivity index (χ2n) is 6.01. The Balaban J connectivity index is 1.64. The summed E-state index contributed by atoms with van der Waals surface area (Å²) in [7, 11) is 2.15. The van der Waals surface area contributed by atoms with Crippen molar-refractivity contribution in [2.75, 3.05) is 43.4 Å². The van der Waals surface area contributed by atoms with Gasteiger partial charge in [0.05, 0.1) is 0 Å². The lowest BCUT2D eigenvalue weighted by molar-refractivity contribution is 0.102. The molecule has 2 aromatic rings. The lowest BCUT2D eigenvalue weighted by atomic mass is 10.2. The predicted molar refractivity (Wildman–Crippen MR) is 93.1 cm³/mol. The molecule has 1 amide bonds. The van der Waals surface area contributed by atoms with Crippen molar-refractivity contribution in [1.82, 2.24) is 9.88 Å². The van der Waals surface area contributed by atoms with Gasteiger partial charge < -0.3 is 15.1 Å².